The molecule has 0 bridgehead atoms. The molecule has 1 rings (SSSR count). The van der Waals surface area contributed by atoms with E-state index in [1.165, 1.54) is 0 Å². The third kappa shape index (κ3) is 1.96. The van der Waals surface area contributed by atoms with Gasteiger partial charge >= 0.3 is 0 Å². The smallest absolute Gasteiger partial charge is 0.114 e. The lowest BCUT2D eigenvalue weighted by Gasteiger charge is -2.42. The number of nitrogens with one attached hydrogen (secondary N) is 1. The molecule has 1 heterocycles. The molecule has 0 aromatic heterocycles. The predicted molar refractivity (Wildman–Crippen MR) is 41.9 cm³/mol. The highest BCUT2D eigenvalue weighted by Gasteiger charge is 2.32. The summed E-state index contributed by atoms with van der Waals surface area (Å²) < 4.78 is 5.75. The van der Waals surface area contributed by atoms with Crippen LogP contribution in [0.1, 0.15) is 34.1 Å². The van der Waals surface area contributed by atoms with Crippen LogP contribution in [-0.2, 0) is 4.74 Å². The fraction of sp³-hybridized carbons (Fsp3) is 1.00. The molecular weight excluding hydrogens is 126 g/mol. The van der Waals surface area contributed by atoms with E-state index in [-0.39, 0.29) is 11.3 Å². The van der Waals surface area contributed by atoms with Gasteiger partial charge in [0.1, 0.15) is 5.72 Å². The van der Waals surface area contributed by atoms with Crippen LogP contribution in [-0.4, -0.2) is 17.9 Å². The Morgan fingerprint density at radius 3 is 2.10 bits per heavy atom. The maximum Gasteiger partial charge on any atom is 0.114 e. The molecule has 1 aliphatic heterocycles. The van der Waals surface area contributed by atoms with Crippen molar-refractivity contribution in [1.29, 1.82) is 0 Å². The van der Waals surface area contributed by atoms with Crippen LogP contribution in [0.5, 0.6) is 0 Å². The summed E-state index contributed by atoms with van der Waals surface area (Å²) in [4.78, 5) is 0. The second-order valence-corrected chi connectivity index (χ2v) is 4.05. The first-order valence-electron chi connectivity index (χ1n) is 3.87. The van der Waals surface area contributed by atoms with E-state index in [0.29, 0.717) is 0 Å². The summed E-state index contributed by atoms with van der Waals surface area (Å²) in [5, 5.41) is 3.29. The standard InChI is InChI=1S/C8H17NO/c1-7(2)5-6-9-8(3,4)10-7/h9H,5-6H2,1-4H3. The Balaban J connectivity index is 2.56. The van der Waals surface area contributed by atoms with Crippen LogP contribution >= 0.6 is 0 Å². The SMILES string of the molecule is CC1(C)CCNC(C)(C)O1. The van der Waals surface area contributed by atoms with Gasteiger partial charge in [0.05, 0.1) is 5.60 Å². The molecule has 1 saturated heterocycles. The zero-order valence-corrected chi connectivity index (χ0v) is 7.32. The quantitative estimate of drug-likeness (QED) is 0.555. The highest BCUT2D eigenvalue weighted by atomic mass is 16.5. The maximum atomic E-state index is 5.75. The molecule has 10 heavy (non-hydrogen) atoms. The normalized spacial score (nSPS) is 30.0. The van der Waals surface area contributed by atoms with Gasteiger partial charge < -0.3 is 4.74 Å². The minimum absolute atomic E-state index is 0.0503. The summed E-state index contributed by atoms with van der Waals surface area (Å²) in [6, 6.07) is 0. The Bertz CT molecular complexity index is 115. The summed E-state index contributed by atoms with van der Waals surface area (Å²) >= 11 is 0. The van der Waals surface area contributed by atoms with Crippen molar-refractivity contribution in [3.8, 4) is 0 Å². The van der Waals surface area contributed by atoms with Crippen molar-refractivity contribution >= 4 is 0 Å². The molecule has 0 aromatic rings. The highest BCUT2D eigenvalue weighted by Crippen LogP contribution is 2.24. The van der Waals surface area contributed by atoms with Crippen LogP contribution in [0.25, 0.3) is 0 Å². The summed E-state index contributed by atoms with van der Waals surface area (Å²) in [5.74, 6) is 0. The molecule has 0 amide bonds. The predicted octanol–water partition coefficient (Wildman–Crippen LogP) is 1.51. The fourth-order valence-electron chi connectivity index (χ4n) is 1.44. The first kappa shape index (κ1) is 8.02. The van der Waals surface area contributed by atoms with Gasteiger partial charge in [-0.05, 0) is 34.1 Å². The van der Waals surface area contributed by atoms with E-state index in [9.17, 15) is 0 Å². The van der Waals surface area contributed by atoms with Crippen molar-refractivity contribution in [2.45, 2.75) is 45.4 Å². The van der Waals surface area contributed by atoms with Gasteiger partial charge in [-0.15, -0.1) is 0 Å². The average molecular weight is 143 g/mol. The van der Waals surface area contributed by atoms with Crippen LogP contribution in [0.2, 0.25) is 0 Å². The van der Waals surface area contributed by atoms with Crippen LogP contribution in [0.15, 0.2) is 0 Å². The largest absolute Gasteiger partial charge is 0.355 e. The summed E-state index contributed by atoms with van der Waals surface area (Å²) in [5.41, 5.74) is -0.0868. The van der Waals surface area contributed by atoms with Gasteiger partial charge in [0.25, 0.3) is 0 Å². The van der Waals surface area contributed by atoms with Gasteiger partial charge in [0, 0.05) is 6.54 Å². The van der Waals surface area contributed by atoms with E-state index in [4.69, 9.17) is 4.74 Å². The monoisotopic (exact) mass is 143 g/mol. The maximum absolute atomic E-state index is 5.75. The van der Waals surface area contributed by atoms with Crippen LogP contribution in [0.4, 0.5) is 0 Å². The summed E-state index contributed by atoms with van der Waals surface area (Å²) in [6.07, 6.45) is 1.09. The van der Waals surface area contributed by atoms with Gasteiger partial charge in [-0.1, -0.05) is 0 Å². The van der Waals surface area contributed by atoms with E-state index in [1.807, 2.05) is 0 Å². The van der Waals surface area contributed by atoms with E-state index in [1.54, 1.807) is 0 Å². The van der Waals surface area contributed by atoms with Crippen molar-refractivity contribution < 1.29 is 4.74 Å². The van der Waals surface area contributed by atoms with E-state index >= 15 is 0 Å². The van der Waals surface area contributed by atoms with Gasteiger partial charge in [-0.2, -0.15) is 0 Å². The molecule has 0 atom stereocenters. The average Bonchev–Trinajstić information content (AvgIpc) is 1.56. The first-order chi connectivity index (χ1) is 4.41. The van der Waals surface area contributed by atoms with Gasteiger partial charge in [-0.25, -0.2) is 0 Å². The van der Waals surface area contributed by atoms with Gasteiger partial charge in [0.2, 0.25) is 0 Å². The first-order valence-corrected chi connectivity index (χ1v) is 3.87. The minimum atomic E-state index is -0.137. The van der Waals surface area contributed by atoms with Crippen molar-refractivity contribution in [2.24, 2.45) is 0 Å². The Hall–Kier alpha value is -0.0800. The molecule has 0 unspecified atom stereocenters. The minimum Gasteiger partial charge on any atom is -0.355 e. The molecular formula is C8H17NO. The van der Waals surface area contributed by atoms with Crippen molar-refractivity contribution in [1.82, 2.24) is 5.32 Å². The highest BCUT2D eigenvalue weighted by molar-refractivity contribution is 4.82. The molecule has 1 fully saturated rings. The lowest BCUT2D eigenvalue weighted by molar-refractivity contribution is -0.166. The van der Waals surface area contributed by atoms with Crippen LogP contribution in [0.3, 0.4) is 0 Å². The molecule has 1 aliphatic rings. The molecule has 0 radical (unpaired) electrons. The van der Waals surface area contributed by atoms with E-state index in [2.05, 4.69) is 33.0 Å². The Labute approximate surface area is 63.0 Å². The molecule has 2 nitrogen and oxygen atoms in total. The van der Waals surface area contributed by atoms with Crippen molar-refractivity contribution in [3.63, 3.8) is 0 Å². The number of ether oxygens (including phenoxy) is 1. The molecule has 0 spiro atoms. The number of hydrogen-bond donors (Lipinski definition) is 1. The molecule has 1 N–H and O–H groups in total. The van der Waals surface area contributed by atoms with Crippen molar-refractivity contribution in [2.75, 3.05) is 6.54 Å². The number of hydrogen-bond acceptors (Lipinski definition) is 2. The summed E-state index contributed by atoms with van der Waals surface area (Å²) in [6.45, 7) is 9.45. The zero-order chi connectivity index (χ0) is 7.83. The second-order valence-electron chi connectivity index (χ2n) is 4.05. The lowest BCUT2D eigenvalue weighted by atomic mass is 10.0. The molecule has 2 heteroatoms. The van der Waals surface area contributed by atoms with E-state index < -0.39 is 0 Å². The fourth-order valence-corrected chi connectivity index (χ4v) is 1.44. The van der Waals surface area contributed by atoms with Crippen LogP contribution < -0.4 is 5.32 Å². The zero-order valence-electron chi connectivity index (χ0n) is 7.32. The third-order valence-corrected chi connectivity index (χ3v) is 1.81. The Morgan fingerprint density at radius 2 is 1.80 bits per heavy atom. The van der Waals surface area contributed by atoms with Crippen LogP contribution in [0, 0.1) is 0 Å². The lowest BCUT2D eigenvalue weighted by Crippen LogP contribution is -2.54. The Morgan fingerprint density at radius 1 is 1.20 bits per heavy atom. The van der Waals surface area contributed by atoms with Gasteiger partial charge in [-0.3, -0.25) is 5.32 Å². The Kier molecular flexibility index (Phi) is 1.77. The van der Waals surface area contributed by atoms with Crippen molar-refractivity contribution in [3.05, 3.63) is 0 Å². The topological polar surface area (TPSA) is 21.3 Å². The third-order valence-electron chi connectivity index (χ3n) is 1.81. The van der Waals surface area contributed by atoms with Gasteiger partial charge in [0.15, 0.2) is 0 Å². The number of rotatable bonds is 0. The molecule has 0 aliphatic carbocycles. The molecule has 0 saturated carbocycles. The summed E-state index contributed by atoms with van der Waals surface area (Å²) in [7, 11) is 0. The molecule has 0 aromatic carbocycles. The molecule has 60 valence electrons. The van der Waals surface area contributed by atoms with E-state index in [0.717, 1.165) is 13.0 Å². The second kappa shape index (κ2) is 2.21.